The Kier molecular flexibility index (Phi) is 5.78. The van der Waals surface area contributed by atoms with Crippen molar-refractivity contribution in [3.63, 3.8) is 0 Å². The van der Waals surface area contributed by atoms with E-state index < -0.39 is 10.0 Å². The van der Waals surface area contributed by atoms with E-state index in [1.165, 1.54) is 0 Å². The second kappa shape index (κ2) is 6.88. The smallest absolute Gasteiger partial charge is 0.209 e. The van der Waals surface area contributed by atoms with Crippen molar-refractivity contribution < 1.29 is 13.2 Å². The number of benzene rings is 1. The molecule has 1 rings (SSSR count). The fourth-order valence-corrected chi connectivity index (χ4v) is 2.42. The molecule has 1 atom stereocenters. The Hall–Kier alpha value is -1.11. The molecule has 0 aliphatic carbocycles. The van der Waals surface area contributed by atoms with E-state index in [9.17, 15) is 8.42 Å². The van der Waals surface area contributed by atoms with Gasteiger partial charge >= 0.3 is 0 Å². The number of nitrogens with one attached hydrogen (secondary N) is 1. The molecule has 1 unspecified atom stereocenters. The molecule has 0 aliphatic heterocycles. The number of primary sulfonamides is 1. The zero-order valence-corrected chi connectivity index (χ0v) is 12.5. The van der Waals surface area contributed by atoms with Crippen molar-refractivity contribution in [2.24, 2.45) is 5.14 Å². The molecule has 0 bridgehead atoms. The predicted molar refractivity (Wildman–Crippen MR) is 76.7 cm³/mol. The summed E-state index contributed by atoms with van der Waals surface area (Å²) in [6.07, 6.45) is 0.497. The third-order valence-corrected chi connectivity index (χ3v) is 3.77. The lowest BCUT2D eigenvalue weighted by Gasteiger charge is -2.17. The molecular formula is C13H22N2O3S. The Morgan fingerprint density at radius 3 is 2.68 bits per heavy atom. The summed E-state index contributed by atoms with van der Waals surface area (Å²) in [4.78, 5) is 0. The summed E-state index contributed by atoms with van der Waals surface area (Å²) in [6, 6.07) is 6.13. The molecule has 6 heteroatoms. The normalized spacial score (nSPS) is 13.3. The van der Waals surface area contributed by atoms with Gasteiger partial charge in [-0.15, -0.1) is 0 Å². The predicted octanol–water partition coefficient (Wildman–Crippen LogP) is 1.33. The van der Waals surface area contributed by atoms with Gasteiger partial charge in [-0.1, -0.05) is 12.1 Å². The Labute approximate surface area is 115 Å². The van der Waals surface area contributed by atoms with Crippen LogP contribution in [0.15, 0.2) is 18.2 Å². The minimum atomic E-state index is -3.37. The van der Waals surface area contributed by atoms with Gasteiger partial charge < -0.3 is 10.1 Å². The van der Waals surface area contributed by atoms with Crippen molar-refractivity contribution >= 4 is 10.0 Å². The van der Waals surface area contributed by atoms with E-state index in [-0.39, 0.29) is 11.8 Å². The molecule has 0 saturated heterocycles. The topological polar surface area (TPSA) is 81.4 Å². The fraction of sp³-hybridized carbons (Fsp3) is 0.538. The van der Waals surface area contributed by atoms with Gasteiger partial charge in [0.15, 0.2) is 0 Å². The van der Waals surface area contributed by atoms with Crippen LogP contribution >= 0.6 is 0 Å². The average Bonchev–Trinajstić information content (AvgIpc) is 2.33. The number of hydrogen-bond donors (Lipinski definition) is 2. The van der Waals surface area contributed by atoms with Gasteiger partial charge in [0.2, 0.25) is 10.0 Å². The van der Waals surface area contributed by atoms with Gasteiger partial charge in [0.1, 0.15) is 5.75 Å². The monoisotopic (exact) mass is 286 g/mol. The van der Waals surface area contributed by atoms with E-state index in [4.69, 9.17) is 9.88 Å². The van der Waals surface area contributed by atoms with Crippen LogP contribution in [0.3, 0.4) is 0 Å². The minimum absolute atomic E-state index is 0.00223. The summed E-state index contributed by atoms with van der Waals surface area (Å²) >= 11 is 0. The number of sulfonamides is 1. The Balaban J connectivity index is 2.56. The highest BCUT2D eigenvalue weighted by molar-refractivity contribution is 7.89. The second-order valence-electron chi connectivity index (χ2n) is 4.64. The number of methoxy groups -OCH3 is 1. The Morgan fingerprint density at radius 2 is 2.11 bits per heavy atom. The SMILES string of the molecule is COc1cc(C)ccc1C(C)NCCCS(N)(=O)=O. The number of nitrogens with two attached hydrogens (primary N) is 1. The maximum absolute atomic E-state index is 10.8. The molecule has 1 aromatic rings. The standard InChI is InChI=1S/C13H22N2O3S/c1-10-5-6-12(13(9-10)18-3)11(2)15-7-4-8-19(14,16)17/h5-6,9,11,15H,4,7-8H2,1-3H3,(H2,14,16,17). The molecule has 0 aromatic heterocycles. The molecule has 0 radical (unpaired) electrons. The van der Waals surface area contributed by atoms with Crippen molar-refractivity contribution in [2.45, 2.75) is 26.3 Å². The summed E-state index contributed by atoms with van der Waals surface area (Å²) in [7, 11) is -1.73. The van der Waals surface area contributed by atoms with Crippen LogP contribution in [0.4, 0.5) is 0 Å². The van der Waals surface area contributed by atoms with Crippen LogP contribution in [0, 0.1) is 6.92 Å². The minimum Gasteiger partial charge on any atom is -0.496 e. The molecule has 19 heavy (non-hydrogen) atoms. The molecule has 108 valence electrons. The van der Waals surface area contributed by atoms with Crippen LogP contribution in [0.2, 0.25) is 0 Å². The zero-order chi connectivity index (χ0) is 14.5. The van der Waals surface area contributed by atoms with Crippen LogP contribution in [0.1, 0.15) is 30.5 Å². The van der Waals surface area contributed by atoms with E-state index >= 15 is 0 Å². The highest BCUT2D eigenvalue weighted by Crippen LogP contribution is 2.25. The largest absolute Gasteiger partial charge is 0.496 e. The molecule has 0 aliphatic rings. The summed E-state index contributed by atoms with van der Waals surface area (Å²) in [5.74, 6) is 0.837. The van der Waals surface area contributed by atoms with Crippen molar-refractivity contribution in [1.29, 1.82) is 0 Å². The third kappa shape index (κ3) is 5.59. The van der Waals surface area contributed by atoms with Crippen LogP contribution in [0.25, 0.3) is 0 Å². The molecular weight excluding hydrogens is 264 g/mol. The number of aryl methyl sites for hydroxylation is 1. The van der Waals surface area contributed by atoms with Crippen molar-refractivity contribution in [3.8, 4) is 5.75 Å². The highest BCUT2D eigenvalue weighted by Gasteiger charge is 2.11. The van der Waals surface area contributed by atoms with Crippen LogP contribution in [-0.4, -0.2) is 27.8 Å². The lowest BCUT2D eigenvalue weighted by Crippen LogP contribution is -2.24. The summed E-state index contributed by atoms with van der Waals surface area (Å²) in [6.45, 7) is 4.62. The number of rotatable bonds is 7. The van der Waals surface area contributed by atoms with E-state index in [0.717, 1.165) is 16.9 Å². The molecule has 0 amide bonds. The maximum Gasteiger partial charge on any atom is 0.209 e. The molecule has 0 fully saturated rings. The molecule has 0 spiro atoms. The quantitative estimate of drug-likeness (QED) is 0.741. The molecule has 1 aromatic carbocycles. The van der Waals surface area contributed by atoms with Crippen molar-refractivity contribution in [2.75, 3.05) is 19.4 Å². The first-order chi connectivity index (χ1) is 8.83. The van der Waals surface area contributed by atoms with E-state index in [1.54, 1.807) is 7.11 Å². The van der Waals surface area contributed by atoms with Crippen molar-refractivity contribution in [3.05, 3.63) is 29.3 Å². The van der Waals surface area contributed by atoms with E-state index in [0.29, 0.717) is 13.0 Å². The first kappa shape index (κ1) is 15.9. The number of hydrogen-bond acceptors (Lipinski definition) is 4. The van der Waals surface area contributed by atoms with Gasteiger partial charge in [0, 0.05) is 11.6 Å². The highest BCUT2D eigenvalue weighted by atomic mass is 32.2. The summed E-state index contributed by atoms with van der Waals surface area (Å²) in [5.41, 5.74) is 2.20. The van der Waals surface area contributed by atoms with Crippen LogP contribution in [-0.2, 0) is 10.0 Å². The third-order valence-electron chi connectivity index (χ3n) is 2.91. The van der Waals surface area contributed by atoms with Gasteiger partial charge in [-0.3, -0.25) is 0 Å². The Morgan fingerprint density at radius 1 is 1.42 bits per heavy atom. The van der Waals surface area contributed by atoms with Gasteiger partial charge in [-0.25, -0.2) is 13.6 Å². The first-order valence-electron chi connectivity index (χ1n) is 6.22. The molecule has 0 heterocycles. The lowest BCUT2D eigenvalue weighted by atomic mass is 10.0. The summed E-state index contributed by atoms with van der Waals surface area (Å²) < 4.78 is 27.0. The van der Waals surface area contributed by atoms with Crippen LogP contribution < -0.4 is 15.2 Å². The van der Waals surface area contributed by atoms with E-state index in [2.05, 4.69) is 5.32 Å². The number of ether oxygens (including phenoxy) is 1. The van der Waals surface area contributed by atoms with Crippen LogP contribution in [0.5, 0.6) is 5.75 Å². The molecule has 5 nitrogen and oxygen atoms in total. The maximum atomic E-state index is 10.8. The van der Waals surface area contributed by atoms with Gasteiger partial charge in [-0.2, -0.15) is 0 Å². The lowest BCUT2D eigenvalue weighted by molar-refractivity contribution is 0.401. The summed E-state index contributed by atoms with van der Waals surface area (Å²) in [5, 5.41) is 8.22. The van der Waals surface area contributed by atoms with Gasteiger partial charge in [0.25, 0.3) is 0 Å². The van der Waals surface area contributed by atoms with Gasteiger partial charge in [0.05, 0.1) is 12.9 Å². The second-order valence-corrected chi connectivity index (χ2v) is 6.38. The average molecular weight is 286 g/mol. The fourth-order valence-electron chi connectivity index (χ4n) is 1.88. The van der Waals surface area contributed by atoms with Gasteiger partial charge in [-0.05, 0) is 38.4 Å². The first-order valence-corrected chi connectivity index (χ1v) is 7.93. The van der Waals surface area contributed by atoms with Crippen molar-refractivity contribution in [1.82, 2.24) is 5.32 Å². The Bertz CT molecular complexity index is 515. The molecule has 3 N–H and O–H groups in total. The zero-order valence-electron chi connectivity index (χ0n) is 11.6. The molecule has 0 saturated carbocycles. The van der Waals surface area contributed by atoms with E-state index in [1.807, 2.05) is 32.0 Å².